The number of amides is 1. The number of piperazine rings is 1. The number of aliphatic hydroxyl groups excluding tert-OH is 1. The highest BCUT2D eigenvalue weighted by Crippen LogP contribution is 2.23. The molecule has 1 aromatic rings. The highest BCUT2D eigenvalue weighted by molar-refractivity contribution is 5.67. The Labute approximate surface area is 144 Å². The fourth-order valence-corrected chi connectivity index (χ4v) is 3.74. The molecule has 0 aromatic heterocycles. The second kappa shape index (κ2) is 8.49. The van der Waals surface area contributed by atoms with Crippen LogP contribution in [0.3, 0.4) is 0 Å². The van der Waals surface area contributed by atoms with Crippen molar-refractivity contribution in [2.45, 2.75) is 50.9 Å². The van der Waals surface area contributed by atoms with Gasteiger partial charge in [-0.1, -0.05) is 49.6 Å². The van der Waals surface area contributed by atoms with Crippen molar-refractivity contribution in [3.63, 3.8) is 0 Å². The number of hydrogen-bond acceptors (Lipinski definition) is 4. The van der Waals surface area contributed by atoms with E-state index < -0.39 is 0 Å². The minimum absolute atomic E-state index is 0.218. The summed E-state index contributed by atoms with van der Waals surface area (Å²) >= 11 is 0. The largest absolute Gasteiger partial charge is 0.445 e. The van der Waals surface area contributed by atoms with E-state index in [1.165, 1.54) is 12.8 Å². The molecule has 0 bridgehead atoms. The summed E-state index contributed by atoms with van der Waals surface area (Å²) in [7, 11) is 0. The number of carbonyl (C=O) groups is 1. The van der Waals surface area contributed by atoms with Crippen molar-refractivity contribution in [3.05, 3.63) is 35.9 Å². The maximum Gasteiger partial charge on any atom is 0.410 e. The molecule has 5 heteroatoms. The van der Waals surface area contributed by atoms with Crippen LogP contribution in [0.5, 0.6) is 0 Å². The molecule has 1 aromatic carbocycles. The van der Waals surface area contributed by atoms with Gasteiger partial charge in [0.15, 0.2) is 0 Å². The number of hydrogen-bond donors (Lipinski definition) is 1. The van der Waals surface area contributed by atoms with Gasteiger partial charge in [-0.2, -0.15) is 0 Å². The van der Waals surface area contributed by atoms with Crippen LogP contribution in [0.4, 0.5) is 4.79 Å². The molecule has 0 unspecified atom stereocenters. The molecule has 1 N–H and O–H groups in total. The third kappa shape index (κ3) is 4.48. The number of rotatable bonds is 3. The Morgan fingerprint density at radius 3 is 2.50 bits per heavy atom. The second-order valence-electron chi connectivity index (χ2n) is 6.84. The summed E-state index contributed by atoms with van der Waals surface area (Å²) in [4.78, 5) is 16.3. The van der Waals surface area contributed by atoms with E-state index in [0.29, 0.717) is 19.7 Å². The van der Waals surface area contributed by atoms with Crippen LogP contribution in [0.2, 0.25) is 0 Å². The molecule has 5 nitrogen and oxygen atoms in total. The van der Waals surface area contributed by atoms with Crippen molar-refractivity contribution in [2.75, 3.05) is 26.2 Å². The number of nitrogens with zero attached hydrogens (tertiary/aromatic N) is 2. The second-order valence-corrected chi connectivity index (χ2v) is 6.84. The molecule has 0 radical (unpaired) electrons. The third-order valence-electron chi connectivity index (χ3n) is 5.19. The summed E-state index contributed by atoms with van der Waals surface area (Å²) in [5, 5.41) is 10.3. The van der Waals surface area contributed by atoms with E-state index in [0.717, 1.165) is 37.9 Å². The fourth-order valence-electron chi connectivity index (χ4n) is 3.74. The molecule has 1 saturated heterocycles. The summed E-state index contributed by atoms with van der Waals surface area (Å²) in [6.45, 7) is 3.32. The average Bonchev–Trinajstić information content (AvgIpc) is 2.85. The molecule has 0 spiro atoms. The molecular formula is C19H28N2O3. The Hall–Kier alpha value is -1.59. The number of ether oxygens (including phenoxy) is 1. The topological polar surface area (TPSA) is 53.0 Å². The molecule has 1 amide bonds. The van der Waals surface area contributed by atoms with E-state index in [4.69, 9.17) is 4.74 Å². The maximum absolute atomic E-state index is 12.2. The summed E-state index contributed by atoms with van der Waals surface area (Å²) in [6, 6.07) is 10.0. The molecule has 1 aliphatic carbocycles. The molecule has 2 aliphatic rings. The lowest BCUT2D eigenvalue weighted by Gasteiger charge is -2.40. The van der Waals surface area contributed by atoms with Gasteiger partial charge >= 0.3 is 6.09 Å². The van der Waals surface area contributed by atoms with Gasteiger partial charge in [-0.25, -0.2) is 4.79 Å². The van der Waals surface area contributed by atoms with E-state index >= 15 is 0 Å². The van der Waals surface area contributed by atoms with E-state index in [9.17, 15) is 9.90 Å². The van der Waals surface area contributed by atoms with Gasteiger partial charge < -0.3 is 14.7 Å². The van der Waals surface area contributed by atoms with Crippen LogP contribution in [0.1, 0.15) is 37.7 Å². The zero-order valence-corrected chi connectivity index (χ0v) is 14.3. The Bertz CT molecular complexity index is 515. The van der Waals surface area contributed by atoms with Crippen molar-refractivity contribution in [1.29, 1.82) is 0 Å². The summed E-state index contributed by atoms with van der Waals surface area (Å²) in [5.41, 5.74) is 1.01. The van der Waals surface area contributed by atoms with Crippen molar-refractivity contribution < 1.29 is 14.6 Å². The van der Waals surface area contributed by atoms with Crippen LogP contribution in [0, 0.1) is 0 Å². The standard InChI is InChI=1S/C19H28N2O3/c22-18-10-6-2-5-9-17(18)20-11-13-21(14-12-20)19(23)24-15-16-7-3-1-4-8-16/h1,3-4,7-8,17-18,22H,2,5-6,9-15H2/t17-,18-/m1/s1. The summed E-state index contributed by atoms with van der Waals surface area (Å²) in [6.07, 6.45) is 5.07. The zero-order valence-electron chi connectivity index (χ0n) is 14.3. The lowest BCUT2D eigenvalue weighted by atomic mass is 10.0. The molecule has 1 aliphatic heterocycles. The first-order valence-corrected chi connectivity index (χ1v) is 9.12. The van der Waals surface area contributed by atoms with E-state index in [1.807, 2.05) is 30.3 Å². The van der Waals surface area contributed by atoms with Gasteiger partial charge in [0.05, 0.1) is 6.10 Å². The lowest BCUT2D eigenvalue weighted by molar-refractivity contribution is 0.0120. The highest BCUT2D eigenvalue weighted by atomic mass is 16.6. The van der Waals surface area contributed by atoms with Crippen LogP contribution in [0.15, 0.2) is 30.3 Å². The van der Waals surface area contributed by atoms with Crippen LogP contribution >= 0.6 is 0 Å². The minimum Gasteiger partial charge on any atom is -0.445 e. The lowest BCUT2D eigenvalue weighted by Crippen LogP contribution is -2.54. The summed E-state index contributed by atoms with van der Waals surface area (Å²) < 4.78 is 5.41. The third-order valence-corrected chi connectivity index (χ3v) is 5.19. The van der Waals surface area contributed by atoms with E-state index in [-0.39, 0.29) is 18.2 Å². The van der Waals surface area contributed by atoms with Crippen molar-refractivity contribution in [2.24, 2.45) is 0 Å². The number of carbonyl (C=O) groups excluding carboxylic acids is 1. The predicted molar refractivity (Wildman–Crippen MR) is 92.7 cm³/mol. The van der Waals surface area contributed by atoms with Gasteiger partial charge in [-0.15, -0.1) is 0 Å². The van der Waals surface area contributed by atoms with Crippen molar-refractivity contribution in [1.82, 2.24) is 9.80 Å². The quantitative estimate of drug-likeness (QED) is 0.865. The molecule has 3 rings (SSSR count). The molecule has 132 valence electrons. The van der Waals surface area contributed by atoms with Gasteiger partial charge in [0.1, 0.15) is 6.61 Å². The molecule has 2 fully saturated rings. The van der Waals surface area contributed by atoms with Crippen LogP contribution in [-0.4, -0.2) is 59.3 Å². The molecule has 1 heterocycles. The molecule has 1 saturated carbocycles. The van der Waals surface area contributed by atoms with Crippen LogP contribution in [0.25, 0.3) is 0 Å². The molecule has 24 heavy (non-hydrogen) atoms. The van der Waals surface area contributed by atoms with Gasteiger partial charge in [-0.3, -0.25) is 4.90 Å². The van der Waals surface area contributed by atoms with Gasteiger partial charge in [0, 0.05) is 32.2 Å². The predicted octanol–water partition coefficient (Wildman–Crippen LogP) is 2.63. The SMILES string of the molecule is O=C(OCc1ccccc1)N1CCN([C@@H]2CCCCC[C@H]2O)CC1. The van der Waals surface area contributed by atoms with Crippen LogP contribution < -0.4 is 0 Å². The maximum atomic E-state index is 12.2. The first-order valence-electron chi connectivity index (χ1n) is 9.12. The monoisotopic (exact) mass is 332 g/mol. The van der Waals surface area contributed by atoms with Gasteiger partial charge in [0.2, 0.25) is 0 Å². The Morgan fingerprint density at radius 2 is 1.75 bits per heavy atom. The first-order chi connectivity index (χ1) is 11.7. The summed E-state index contributed by atoms with van der Waals surface area (Å²) in [5.74, 6) is 0. The van der Waals surface area contributed by atoms with Crippen molar-refractivity contribution >= 4 is 6.09 Å². The van der Waals surface area contributed by atoms with Gasteiger partial charge in [-0.05, 0) is 18.4 Å². The van der Waals surface area contributed by atoms with Gasteiger partial charge in [0.25, 0.3) is 0 Å². The fraction of sp³-hybridized carbons (Fsp3) is 0.632. The highest BCUT2D eigenvalue weighted by Gasteiger charge is 2.31. The van der Waals surface area contributed by atoms with E-state index in [2.05, 4.69) is 4.90 Å². The van der Waals surface area contributed by atoms with Crippen molar-refractivity contribution in [3.8, 4) is 0 Å². The number of aliphatic hydroxyl groups is 1. The number of benzene rings is 1. The smallest absolute Gasteiger partial charge is 0.410 e. The first kappa shape index (κ1) is 17.2. The molecule has 2 atom stereocenters. The zero-order chi connectivity index (χ0) is 16.8. The minimum atomic E-state index is -0.236. The average molecular weight is 332 g/mol. The van der Waals surface area contributed by atoms with Crippen LogP contribution in [-0.2, 0) is 11.3 Å². The Kier molecular flexibility index (Phi) is 6.10. The molecular weight excluding hydrogens is 304 g/mol. The van der Waals surface area contributed by atoms with E-state index in [1.54, 1.807) is 4.90 Å². The Morgan fingerprint density at radius 1 is 1.04 bits per heavy atom. The Balaban J connectivity index is 1.45. The normalized spacial score (nSPS) is 26.0.